The molecule has 0 saturated carbocycles. The van der Waals surface area contributed by atoms with E-state index in [1.807, 2.05) is 20.8 Å². The molecule has 0 unspecified atom stereocenters. The Kier molecular flexibility index (Phi) is 2.26. The van der Waals surface area contributed by atoms with Gasteiger partial charge in [-0.05, 0) is 5.41 Å². The molecule has 0 spiro atoms. The molecule has 0 aliphatic rings. The lowest BCUT2D eigenvalue weighted by atomic mass is 9.99. The molecule has 0 aliphatic heterocycles. The van der Waals surface area contributed by atoms with E-state index in [2.05, 4.69) is 4.89 Å². The summed E-state index contributed by atoms with van der Waals surface area (Å²) in [6, 6.07) is 0. The van der Waals surface area contributed by atoms with Crippen molar-refractivity contribution in [1.29, 1.82) is 0 Å². The van der Waals surface area contributed by atoms with Gasteiger partial charge in [-0.2, -0.15) is 0 Å². The van der Waals surface area contributed by atoms with Crippen molar-refractivity contribution in [3.05, 3.63) is 0 Å². The maximum atomic E-state index is 9.45. The van der Waals surface area contributed by atoms with E-state index < -0.39 is 0 Å². The van der Waals surface area contributed by atoms with Crippen LogP contribution in [0, 0.1) is 5.41 Å². The molecule has 0 saturated heterocycles. The van der Waals surface area contributed by atoms with E-state index in [4.69, 9.17) is 0 Å². The Morgan fingerprint density at radius 1 is 1.43 bits per heavy atom. The van der Waals surface area contributed by atoms with Crippen molar-refractivity contribution in [2.75, 3.05) is 6.61 Å². The van der Waals surface area contributed by atoms with Gasteiger partial charge in [-0.15, -0.1) is 0 Å². The van der Waals surface area contributed by atoms with Crippen molar-refractivity contribution in [3.63, 3.8) is 0 Å². The number of rotatable bonds is 1. The summed E-state index contributed by atoms with van der Waals surface area (Å²) in [5.74, 6) is 0. The largest absolute Gasteiger partial charge is 0.723 e. The lowest BCUT2D eigenvalue weighted by molar-refractivity contribution is -0.693. The fourth-order valence-electron chi connectivity index (χ4n) is 0.177. The van der Waals surface area contributed by atoms with Gasteiger partial charge in [-0.3, -0.25) is 0 Å². The van der Waals surface area contributed by atoms with E-state index in [9.17, 15) is 5.26 Å². The van der Waals surface area contributed by atoms with Gasteiger partial charge in [-0.25, -0.2) is 0 Å². The molecule has 2 nitrogen and oxygen atoms in total. The molecule has 0 rings (SSSR count). The third kappa shape index (κ3) is 5.92. The van der Waals surface area contributed by atoms with Crippen molar-refractivity contribution in [2.45, 2.75) is 20.8 Å². The fourth-order valence-corrected chi connectivity index (χ4v) is 0.177. The number of hydrogen-bond acceptors (Lipinski definition) is 2. The van der Waals surface area contributed by atoms with Gasteiger partial charge in [0, 0.05) is 6.61 Å². The fraction of sp³-hybridized carbons (Fsp3) is 1.00. The highest BCUT2D eigenvalue weighted by Gasteiger charge is 2.05. The van der Waals surface area contributed by atoms with Gasteiger partial charge in [0.15, 0.2) is 0 Å². The summed E-state index contributed by atoms with van der Waals surface area (Å²) in [4.78, 5) is 3.66. The molecule has 2 heteroatoms. The molecule has 0 bridgehead atoms. The number of hydrogen-bond donors (Lipinski definition) is 0. The first-order chi connectivity index (χ1) is 3.06. The maximum absolute atomic E-state index is 9.45. The predicted molar refractivity (Wildman–Crippen MR) is 25.4 cm³/mol. The van der Waals surface area contributed by atoms with Crippen molar-refractivity contribution in [2.24, 2.45) is 5.41 Å². The van der Waals surface area contributed by atoms with Gasteiger partial charge in [0.1, 0.15) is 0 Å². The van der Waals surface area contributed by atoms with Crippen LogP contribution in [0.2, 0.25) is 0 Å². The summed E-state index contributed by atoms with van der Waals surface area (Å²) in [5.41, 5.74) is 0.0156. The standard InChI is InChI=1S/C5H12O2/c1-5(2,3)4-7-6/h6H,4H2,1-3H3/p-1. The second kappa shape index (κ2) is 2.28. The Labute approximate surface area is 44.0 Å². The van der Waals surface area contributed by atoms with Crippen LogP contribution in [0.25, 0.3) is 0 Å². The highest BCUT2D eigenvalue weighted by molar-refractivity contribution is 4.56. The monoisotopic (exact) mass is 103 g/mol. The Morgan fingerprint density at radius 3 is 1.86 bits per heavy atom. The molecular weight excluding hydrogens is 92.1 g/mol. The first-order valence-electron chi connectivity index (χ1n) is 2.31. The summed E-state index contributed by atoms with van der Waals surface area (Å²) in [6.07, 6.45) is 0. The Hall–Kier alpha value is -0.0800. The predicted octanol–water partition coefficient (Wildman–Crippen LogP) is 0.324. The molecule has 0 aromatic carbocycles. The summed E-state index contributed by atoms with van der Waals surface area (Å²) in [6.45, 7) is 6.13. The molecule has 0 aromatic rings. The highest BCUT2D eigenvalue weighted by atomic mass is 17.1. The van der Waals surface area contributed by atoms with E-state index in [0.717, 1.165) is 0 Å². The minimum atomic E-state index is 0.0156. The smallest absolute Gasteiger partial charge is 0.0389 e. The zero-order valence-corrected chi connectivity index (χ0v) is 5.02. The molecule has 0 radical (unpaired) electrons. The minimum Gasteiger partial charge on any atom is -0.723 e. The normalized spacial score (nSPS) is 12.0. The van der Waals surface area contributed by atoms with Crippen LogP contribution in [0.1, 0.15) is 20.8 Å². The Morgan fingerprint density at radius 2 is 1.86 bits per heavy atom. The van der Waals surface area contributed by atoms with E-state index in [-0.39, 0.29) is 12.0 Å². The lowest BCUT2D eigenvalue weighted by Gasteiger charge is -2.19. The Balaban J connectivity index is 3.15. The first-order valence-corrected chi connectivity index (χ1v) is 2.31. The zero-order chi connectivity index (χ0) is 5.91. The third-order valence-electron chi connectivity index (χ3n) is 0.492. The second-order valence-electron chi connectivity index (χ2n) is 2.82. The minimum absolute atomic E-state index is 0.0156. The quantitative estimate of drug-likeness (QED) is 0.353. The molecule has 0 heterocycles. The Bertz CT molecular complexity index is 44.5. The van der Waals surface area contributed by atoms with Crippen molar-refractivity contribution in [1.82, 2.24) is 0 Å². The van der Waals surface area contributed by atoms with Gasteiger partial charge in [0.25, 0.3) is 0 Å². The molecule has 0 amide bonds. The molecule has 7 heavy (non-hydrogen) atoms. The molecule has 0 aromatic heterocycles. The summed E-state index contributed by atoms with van der Waals surface area (Å²) >= 11 is 0. The average Bonchev–Trinajstić information content (AvgIpc) is 1.30. The third-order valence-corrected chi connectivity index (χ3v) is 0.492. The topological polar surface area (TPSA) is 32.3 Å². The van der Waals surface area contributed by atoms with Gasteiger partial charge in [-0.1, -0.05) is 20.8 Å². The molecule has 0 atom stereocenters. The molecule has 44 valence electrons. The summed E-state index contributed by atoms with van der Waals surface area (Å²) < 4.78 is 0. The van der Waals surface area contributed by atoms with Crippen LogP contribution >= 0.6 is 0 Å². The lowest BCUT2D eigenvalue weighted by Crippen LogP contribution is -2.19. The van der Waals surface area contributed by atoms with E-state index in [0.29, 0.717) is 0 Å². The van der Waals surface area contributed by atoms with Crippen LogP contribution in [0.3, 0.4) is 0 Å². The van der Waals surface area contributed by atoms with Crippen LogP contribution in [0.5, 0.6) is 0 Å². The van der Waals surface area contributed by atoms with Crippen molar-refractivity contribution < 1.29 is 10.1 Å². The second-order valence-corrected chi connectivity index (χ2v) is 2.82. The van der Waals surface area contributed by atoms with Gasteiger partial charge in [0.2, 0.25) is 0 Å². The summed E-state index contributed by atoms with van der Waals surface area (Å²) in [5, 5.41) is 9.45. The van der Waals surface area contributed by atoms with Crippen LogP contribution < -0.4 is 5.26 Å². The van der Waals surface area contributed by atoms with Gasteiger partial charge < -0.3 is 10.1 Å². The van der Waals surface area contributed by atoms with Crippen LogP contribution in [-0.4, -0.2) is 6.61 Å². The molecule has 0 aliphatic carbocycles. The SMILES string of the molecule is CC(C)(C)CO[O-]. The van der Waals surface area contributed by atoms with Crippen LogP contribution in [-0.2, 0) is 4.89 Å². The van der Waals surface area contributed by atoms with E-state index >= 15 is 0 Å². The van der Waals surface area contributed by atoms with Gasteiger partial charge in [0.05, 0.1) is 0 Å². The van der Waals surface area contributed by atoms with E-state index in [1.54, 1.807) is 0 Å². The van der Waals surface area contributed by atoms with Crippen LogP contribution in [0.4, 0.5) is 0 Å². The van der Waals surface area contributed by atoms with Gasteiger partial charge >= 0.3 is 0 Å². The average molecular weight is 103 g/mol. The maximum Gasteiger partial charge on any atom is 0.0389 e. The molecule has 0 N–H and O–H groups in total. The van der Waals surface area contributed by atoms with Crippen molar-refractivity contribution in [3.8, 4) is 0 Å². The highest BCUT2D eigenvalue weighted by Crippen LogP contribution is 2.10. The molecular formula is C5H11O2-. The zero-order valence-electron chi connectivity index (χ0n) is 5.02. The van der Waals surface area contributed by atoms with E-state index in [1.165, 1.54) is 0 Å². The first kappa shape index (κ1) is 6.92. The van der Waals surface area contributed by atoms with Crippen LogP contribution in [0.15, 0.2) is 0 Å². The van der Waals surface area contributed by atoms with Crippen molar-refractivity contribution >= 4 is 0 Å². The summed E-state index contributed by atoms with van der Waals surface area (Å²) in [7, 11) is 0. The molecule has 0 fully saturated rings.